The van der Waals surface area contributed by atoms with Crippen molar-refractivity contribution in [2.24, 2.45) is 0 Å². The number of aromatic nitrogens is 1. The zero-order valence-corrected chi connectivity index (χ0v) is 11.3. The highest BCUT2D eigenvalue weighted by molar-refractivity contribution is 6.06. The highest BCUT2D eigenvalue weighted by Crippen LogP contribution is 2.28. The second kappa shape index (κ2) is 5.78. The second-order valence-electron chi connectivity index (χ2n) is 4.62. The number of nitrogens with zero attached hydrogens (tertiary/aromatic N) is 2. The number of carbonyl (C=O) groups excluding carboxylic acids is 2. The largest absolute Gasteiger partial charge is 0.484 e. The molecular weight excluding hydrogens is 272 g/mol. The van der Waals surface area contributed by atoms with Crippen molar-refractivity contribution < 1.29 is 19.1 Å². The number of rotatable bonds is 2. The first kappa shape index (κ1) is 13.4. The van der Waals surface area contributed by atoms with Crippen LogP contribution in [0.3, 0.4) is 0 Å². The zero-order valence-electron chi connectivity index (χ0n) is 11.3. The smallest absolute Gasteiger partial charge is 0.257 e. The van der Waals surface area contributed by atoms with Crippen LogP contribution in [0.4, 0.5) is 0 Å². The summed E-state index contributed by atoms with van der Waals surface area (Å²) in [7, 11) is 0. The molecule has 0 atom stereocenters. The molecule has 0 saturated heterocycles. The van der Waals surface area contributed by atoms with Crippen LogP contribution in [-0.2, 0) is 9.59 Å². The number of amides is 2. The average Bonchev–Trinajstić information content (AvgIpc) is 2.53. The molecule has 0 aromatic carbocycles. The molecule has 0 saturated carbocycles. The van der Waals surface area contributed by atoms with Gasteiger partial charge in [-0.25, -0.2) is 4.98 Å². The van der Waals surface area contributed by atoms with Crippen molar-refractivity contribution >= 4 is 17.9 Å². The minimum atomic E-state index is -0.334. The van der Waals surface area contributed by atoms with E-state index in [9.17, 15) is 9.59 Å². The van der Waals surface area contributed by atoms with Crippen molar-refractivity contribution in [1.29, 1.82) is 0 Å². The first-order valence-corrected chi connectivity index (χ1v) is 6.70. The van der Waals surface area contributed by atoms with Crippen molar-refractivity contribution in [1.82, 2.24) is 9.88 Å². The summed E-state index contributed by atoms with van der Waals surface area (Å²) in [5.74, 6) is 0.407. The van der Waals surface area contributed by atoms with Crippen LogP contribution in [0.15, 0.2) is 30.5 Å². The number of pyridine rings is 1. The third kappa shape index (κ3) is 2.94. The quantitative estimate of drug-likeness (QED) is 0.764. The molecule has 0 unspecified atom stereocenters. The lowest BCUT2D eigenvalue weighted by Crippen LogP contribution is -2.37. The van der Waals surface area contributed by atoms with E-state index in [2.05, 4.69) is 4.98 Å². The van der Waals surface area contributed by atoms with Crippen molar-refractivity contribution in [2.45, 2.75) is 6.42 Å². The normalized spacial score (nSPS) is 17.3. The van der Waals surface area contributed by atoms with E-state index in [0.717, 1.165) is 0 Å². The molecule has 0 fully saturated rings. The minimum absolute atomic E-state index is 0.281. The van der Waals surface area contributed by atoms with Crippen molar-refractivity contribution in [3.63, 3.8) is 0 Å². The van der Waals surface area contributed by atoms with Gasteiger partial charge in [-0.3, -0.25) is 14.5 Å². The predicted octanol–water partition coefficient (Wildman–Crippen LogP) is 1.18. The number of hydrogen-bond donors (Lipinski definition) is 0. The van der Waals surface area contributed by atoms with Crippen LogP contribution in [0.25, 0.3) is 6.08 Å². The molecule has 0 spiro atoms. The van der Waals surface area contributed by atoms with E-state index >= 15 is 0 Å². The Labute approximate surface area is 121 Å². The highest BCUT2D eigenvalue weighted by Gasteiger charge is 2.19. The van der Waals surface area contributed by atoms with E-state index in [0.29, 0.717) is 43.4 Å². The summed E-state index contributed by atoms with van der Waals surface area (Å²) in [4.78, 5) is 28.9. The summed E-state index contributed by atoms with van der Waals surface area (Å²) >= 11 is 0. The fraction of sp³-hybridized carbons (Fsp3) is 0.267. The SMILES string of the molecule is O=C1C=CCCN1C(=O)C=Cc1cnc2c(c1)OCCO2. The molecular formula is C15H14N2O4. The summed E-state index contributed by atoms with van der Waals surface area (Å²) in [5.41, 5.74) is 0.715. The first-order valence-electron chi connectivity index (χ1n) is 6.70. The maximum Gasteiger partial charge on any atom is 0.257 e. The van der Waals surface area contributed by atoms with Gasteiger partial charge in [0.2, 0.25) is 0 Å². The summed E-state index contributed by atoms with van der Waals surface area (Å²) in [6.07, 6.45) is 8.44. The first-order chi connectivity index (χ1) is 10.2. The zero-order chi connectivity index (χ0) is 14.7. The van der Waals surface area contributed by atoms with Gasteiger partial charge >= 0.3 is 0 Å². The van der Waals surface area contributed by atoms with Crippen molar-refractivity contribution in [2.75, 3.05) is 19.8 Å². The summed E-state index contributed by atoms with van der Waals surface area (Å²) in [5, 5.41) is 0. The fourth-order valence-corrected chi connectivity index (χ4v) is 2.10. The van der Waals surface area contributed by atoms with E-state index in [1.165, 1.54) is 17.1 Å². The van der Waals surface area contributed by atoms with Crippen LogP contribution in [-0.4, -0.2) is 41.5 Å². The molecule has 2 aliphatic rings. The van der Waals surface area contributed by atoms with Gasteiger partial charge < -0.3 is 9.47 Å². The monoisotopic (exact) mass is 286 g/mol. The Kier molecular flexibility index (Phi) is 3.68. The lowest BCUT2D eigenvalue weighted by atomic mass is 10.2. The highest BCUT2D eigenvalue weighted by atomic mass is 16.6. The molecule has 0 N–H and O–H groups in total. The van der Waals surface area contributed by atoms with Gasteiger partial charge in [-0.1, -0.05) is 6.08 Å². The molecule has 6 nitrogen and oxygen atoms in total. The molecule has 21 heavy (non-hydrogen) atoms. The summed E-state index contributed by atoms with van der Waals surface area (Å²) < 4.78 is 10.7. The Morgan fingerprint density at radius 3 is 3.05 bits per heavy atom. The molecule has 108 valence electrons. The molecule has 2 aliphatic heterocycles. The summed E-state index contributed by atoms with van der Waals surface area (Å²) in [6.45, 7) is 1.38. The number of ether oxygens (including phenoxy) is 2. The van der Waals surface area contributed by atoms with E-state index < -0.39 is 0 Å². The minimum Gasteiger partial charge on any atom is -0.484 e. The second-order valence-corrected chi connectivity index (χ2v) is 4.62. The lowest BCUT2D eigenvalue weighted by Gasteiger charge is -2.19. The average molecular weight is 286 g/mol. The predicted molar refractivity (Wildman–Crippen MR) is 74.7 cm³/mol. The molecule has 0 bridgehead atoms. The van der Waals surface area contributed by atoms with Gasteiger partial charge in [-0.2, -0.15) is 0 Å². The van der Waals surface area contributed by atoms with E-state index in [4.69, 9.17) is 9.47 Å². The standard InChI is InChI=1S/C15H14N2O4/c18-13-3-1-2-6-17(13)14(19)5-4-11-9-12-15(16-10-11)21-8-7-20-12/h1,3-5,9-10H,2,6-8H2. The van der Waals surface area contributed by atoms with Gasteiger partial charge in [-0.15, -0.1) is 0 Å². The molecule has 1 aromatic rings. The maximum atomic E-state index is 12.0. The maximum absolute atomic E-state index is 12.0. The van der Waals surface area contributed by atoms with Crippen LogP contribution in [0.1, 0.15) is 12.0 Å². The van der Waals surface area contributed by atoms with Crippen molar-refractivity contribution in [3.05, 3.63) is 36.1 Å². The van der Waals surface area contributed by atoms with Gasteiger partial charge in [0.1, 0.15) is 13.2 Å². The van der Waals surface area contributed by atoms with Gasteiger partial charge in [0, 0.05) is 18.8 Å². The van der Waals surface area contributed by atoms with E-state index in [1.54, 1.807) is 24.4 Å². The number of hydrogen-bond acceptors (Lipinski definition) is 5. The number of carbonyl (C=O) groups is 2. The third-order valence-corrected chi connectivity index (χ3v) is 3.15. The molecule has 6 heteroatoms. The molecule has 0 aliphatic carbocycles. The molecule has 3 rings (SSSR count). The van der Waals surface area contributed by atoms with Crippen LogP contribution >= 0.6 is 0 Å². The Morgan fingerprint density at radius 1 is 1.33 bits per heavy atom. The Balaban J connectivity index is 1.72. The van der Waals surface area contributed by atoms with Gasteiger partial charge in [0.15, 0.2) is 5.75 Å². The van der Waals surface area contributed by atoms with Crippen LogP contribution < -0.4 is 9.47 Å². The lowest BCUT2D eigenvalue weighted by molar-refractivity contribution is -0.139. The molecule has 3 heterocycles. The molecule has 2 amide bonds. The fourth-order valence-electron chi connectivity index (χ4n) is 2.10. The van der Waals surface area contributed by atoms with Crippen LogP contribution in [0.5, 0.6) is 11.6 Å². The molecule has 1 aromatic heterocycles. The van der Waals surface area contributed by atoms with E-state index in [-0.39, 0.29) is 11.8 Å². The van der Waals surface area contributed by atoms with Gasteiger partial charge in [0.25, 0.3) is 17.7 Å². The van der Waals surface area contributed by atoms with Gasteiger partial charge in [-0.05, 0) is 30.2 Å². The Hall–Kier alpha value is -2.63. The third-order valence-electron chi connectivity index (χ3n) is 3.15. The van der Waals surface area contributed by atoms with Crippen LogP contribution in [0.2, 0.25) is 0 Å². The number of fused-ring (bicyclic) bond motifs is 1. The van der Waals surface area contributed by atoms with Crippen molar-refractivity contribution in [3.8, 4) is 11.6 Å². The Bertz CT molecular complexity index is 637. The summed E-state index contributed by atoms with van der Waals surface area (Å²) in [6, 6.07) is 1.75. The topological polar surface area (TPSA) is 68.7 Å². The van der Waals surface area contributed by atoms with Gasteiger partial charge in [0.05, 0.1) is 0 Å². The number of imide groups is 1. The molecule has 0 radical (unpaired) electrons. The Morgan fingerprint density at radius 2 is 2.19 bits per heavy atom. The van der Waals surface area contributed by atoms with E-state index in [1.807, 2.05) is 0 Å². The van der Waals surface area contributed by atoms with Crippen LogP contribution in [0, 0.1) is 0 Å².